The number of likely N-dealkylation sites (tertiary alicyclic amines) is 1. The first kappa shape index (κ1) is 15.8. The highest BCUT2D eigenvalue weighted by Gasteiger charge is 2.20. The number of nitrogens with zero attached hydrogens (tertiary/aromatic N) is 4. The zero-order valence-corrected chi connectivity index (χ0v) is 14.8. The van der Waals surface area contributed by atoms with Crippen molar-refractivity contribution in [2.24, 2.45) is 5.92 Å². The summed E-state index contributed by atoms with van der Waals surface area (Å²) >= 11 is 3.24. The monoisotopic (exact) mass is 337 g/mol. The number of nitrogens with one attached hydrogen (secondary N) is 1. The molecular weight excluding hydrogens is 314 g/mol. The standard InChI is InChI=1S/C15H23N5S2/c1-3-14-18-13(10-21-14)9-20-6-4-12(5-7-20)8-16-15-17-11(2)19-22-15/h10,12H,3-9H2,1-2H3,(H,16,17,19). The lowest BCUT2D eigenvalue weighted by Gasteiger charge is -2.31. The van der Waals surface area contributed by atoms with Gasteiger partial charge in [-0.15, -0.1) is 11.3 Å². The molecule has 7 heteroatoms. The van der Waals surface area contributed by atoms with Crippen molar-refractivity contribution in [2.75, 3.05) is 25.0 Å². The van der Waals surface area contributed by atoms with Crippen molar-refractivity contribution in [1.82, 2.24) is 19.2 Å². The predicted molar refractivity (Wildman–Crippen MR) is 92.6 cm³/mol. The summed E-state index contributed by atoms with van der Waals surface area (Å²) in [5.74, 6) is 1.60. The molecule has 2 aromatic rings. The van der Waals surface area contributed by atoms with Crippen LogP contribution >= 0.6 is 22.9 Å². The van der Waals surface area contributed by atoms with E-state index in [0.717, 1.165) is 36.4 Å². The second kappa shape index (κ2) is 7.48. The molecule has 1 N–H and O–H groups in total. The normalized spacial score (nSPS) is 17.0. The number of hydrogen-bond donors (Lipinski definition) is 1. The molecule has 5 nitrogen and oxygen atoms in total. The highest BCUT2D eigenvalue weighted by molar-refractivity contribution is 7.09. The smallest absolute Gasteiger partial charge is 0.202 e. The van der Waals surface area contributed by atoms with Crippen LogP contribution in [0.2, 0.25) is 0 Å². The molecule has 1 aliphatic heterocycles. The van der Waals surface area contributed by atoms with Gasteiger partial charge in [-0.3, -0.25) is 4.90 Å². The minimum atomic E-state index is 0.738. The van der Waals surface area contributed by atoms with Crippen molar-refractivity contribution in [3.05, 3.63) is 21.9 Å². The Balaban J connectivity index is 1.40. The first-order valence-corrected chi connectivity index (χ1v) is 9.58. The van der Waals surface area contributed by atoms with Crippen molar-refractivity contribution in [2.45, 2.75) is 39.7 Å². The van der Waals surface area contributed by atoms with Crippen molar-refractivity contribution in [1.29, 1.82) is 0 Å². The lowest BCUT2D eigenvalue weighted by atomic mass is 9.97. The molecule has 3 heterocycles. The molecule has 0 radical (unpaired) electrons. The summed E-state index contributed by atoms with van der Waals surface area (Å²) in [5.41, 5.74) is 1.24. The minimum Gasteiger partial charge on any atom is -0.360 e. The Morgan fingerprint density at radius 2 is 2.14 bits per heavy atom. The second-order valence-electron chi connectivity index (χ2n) is 5.83. The SMILES string of the molecule is CCc1nc(CN2CCC(CNc3nc(C)ns3)CC2)cs1. The number of hydrogen-bond acceptors (Lipinski definition) is 7. The molecule has 1 fully saturated rings. The zero-order chi connectivity index (χ0) is 15.4. The Kier molecular flexibility index (Phi) is 5.38. The summed E-state index contributed by atoms with van der Waals surface area (Å²) in [5, 5.41) is 7.84. The maximum atomic E-state index is 4.67. The highest BCUT2D eigenvalue weighted by atomic mass is 32.1. The average Bonchev–Trinajstić information content (AvgIpc) is 3.15. The molecule has 120 valence electrons. The summed E-state index contributed by atoms with van der Waals surface area (Å²) in [6.07, 6.45) is 3.54. The van der Waals surface area contributed by atoms with Gasteiger partial charge in [0.15, 0.2) is 0 Å². The lowest BCUT2D eigenvalue weighted by molar-refractivity contribution is 0.181. The van der Waals surface area contributed by atoms with E-state index in [1.165, 1.54) is 48.2 Å². The molecular formula is C15H23N5S2. The maximum Gasteiger partial charge on any atom is 0.202 e. The van der Waals surface area contributed by atoms with Crippen LogP contribution in [0.4, 0.5) is 5.13 Å². The van der Waals surface area contributed by atoms with Crippen LogP contribution in [-0.4, -0.2) is 38.9 Å². The van der Waals surface area contributed by atoms with E-state index in [-0.39, 0.29) is 0 Å². The van der Waals surface area contributed by atoms with Gasteiger partial charge >= 0.3 is 0 Å². The molecule has 0 atom stereocenters. The van der Waals surface area contributed by atoms with Crippen LogP contribution in [0.15, 0.2) is 5.38 Å². The molecule has 0 bridgehead atoms. The fourth-order valence-electron chi connectivity index (χ4n) is 2.76. The van der Waals surface area contributed by atoms with Gasteiger partial charge in [-0.25, -0.2) is 9.97 Å². The molecule has 0 spiro atoms. The van der Waals surface area contributed by atoms with E-state index >= 15 is 0 Å². The summed E-state index contributed by atoms with van der Waals surface area (Å²) in [6.45, 7) is 8.45. The van der Waals surface area contributed by atoms with E-state index in [1.54, 1.807) is 11.3 Å². The van der Waals surface area contributed by atoms with E-state index in [2.05, 4.69) is 36.9 Å². The molecule has 0 aromatic carbocycles. The predicted octanol–water partition coefficient (Wildman–Crippen LogP) is 3.19. The fourth-order valence-corrected chi connectivity index (χ4v) is 4.08. The quantitative estimate of drug-likeness (QED) is 0.877. The number of aryl methyl sites for hydroxylation is 2. The first-order chi connectivity index (χ1) is 10.7. The second-order valence-corrected chi connectivity index (χ2v) is 7.53. The Morgan fingerprint density at radius 1 is 1.32 bits per heavy atom. The zero-order valence-electron chi connectivity index (χ0n) is 13.2. The van der Waals surface area contributed by atoms with Gasteiger partial charge in [0.25, 0.3) is 0 Å². The molecule has 1 aliphatic rings. The number of aromatic nitrogens is 3. The fraction of sp³-hybridized carbons (Fsp3) is 0.667. The molecule has 0 amide bonds. The molecule has 0 saturated carbocycles. The Morgan fingerprint density at radius 3 is 2.77 bits per heavy atom. The van der Waals surface area contributed by atoms with Gasteiger partial charge < -0.3 is 5.32 Å². The molecule has 0 unspecified atom stereocenters. The number of thiazole rings is 1. The van der Waals surface area contributed by atoms with Crippen LogP contribution in [0.1, 0.15) is 36.3 Å². The first-order valence-electron chi connectivity index (χ1n) is 7.92. The van der Waals surface area contributed by atoms with Crippen LogP contribution in [0.3, 0.4) is 0 Å². The van der Waals surface area contributed by atoms with Crippen LogP contribution < -0.4 is 5.32 Å². The van der Waals surface area contributed by atoms with Gasteiger partial charge in [0, 0.05) is 30.0 Å². The van der Waals surface area contributed by atoms with Crippen LogP contribution in [-0.2, 0) is 13.0 Å². The maximum absolute atomic E-state index is 4.67. The Labute approximate surface area is 140 Å². The number of rotatable bonds is 6. The van der Waals surface area contributed by atoms with Crippen LogP contribution in [0.25, 0.3) is 0 Å². The van der Waals surface area contributed by atoms with Gasteiger partial charge in [0.2, 0.25) is 5.13 Å². The molecule has 3 rings (SSSR count). The van der Waals surface area contributed by atoms with E-state index in [0.29, 0.717) is 0 Å². The van der Waals surface area contributed by atoms with E-state index in [9.17, 15) is 0 Å². The van der Waals surface area contributed by atoms with E-state index in [1.807, 2.05) is 6.92 Å². The average molecular weight is 338 g/mol. The van der Waals surface area contributed by atoms with Crippen LogP contribution in [0, 0.1) is 12.8 Å². The van der Waals surface area contributed by atoms with Gasteiger partial charge in [0.1, 0.15) is 5.82 Å². The van der Waals surface area contributed by atoms with Gasteiger partial charge in [-0.1, -0.05) is 6.92 Å². The minimum absolute atomic E-state index is 0.738. The Bertz CT molecular complexity index is 586. The van der Waals surface area contributed by atoms with Gasteiger partial charge in [-0.2, -0.15) is 4.37 Å². The number of piperidine rings is 1. The summed E-state index contributed by atoms with van der Waals surface area (Å²) in [4.78, 5) is 11.6. The molecule has 2 aromatic heterocycles. The summed E-state index contributed by atoms with van der Waals surface area (Å²) in [6, 6.07) is 0. The van der Waals surface area contributed by atoms with Crippen molar-refractivity contribution in [3.63, 3.8) is 0 Å². The van der Waals surface area contributed by atoms with E-state index < -0.39 is 0 Å². The highest BCUT2D eigenvalue weighted by Crippen LogP contribution is 2.21. The summed E-state index contributed by atoms with van der Waals surface area (Å²) in [7, 11) is 0. The molecule has 0 aliphatic carbocycles. The van der Waals surface area contributed by atoms with Crippen LogP contribution in [0.5, 0.6) is 0 Å². The van der Waals surface area contributed by atoms with Gasteiger partial charge in [-0.05, 0) is 45.2 Å². The van der Waals surface area contributed by atoms with Crippen molar-refractivity contribution >= 4 is 28.0 Å². The van der Waals surface area contributed by atoms with E-state index in [4.69, 9.17) is 0 Å². The lowest BCUT2D eigenvalue weighted by Crippen LogP contribution is -2.35. The topological polar surface area (TPSA) is 53.9 Å². The van der Waals surface area contributed by atoms with Crippen molar-refractivity contribution < 1.29 is 0 Å². The number of anilines is 1. The molecule has 22 heavy (non-hydrogen) atoms. The largest absolute Gasteiger partial charge is 0.360 e. The van der Waals surface area contributed by atoms with Gasteiger partial charge in [0.05, 0.1) is 10.7 Å². The third-order valence-electron chi connectivity index (χ3n) is 4.06. The third kappa shape index (κ3) is 4.24. The summed E-state index contributed by atoms with van der Waals surface area (Å²) < 4.78 is 4.20. The third-order valence-corrected chi connectivity index (χ3v) is 5.87. The Hall–Kier alpha value is -1.05. The van der Waals surface area contributed by atoms with Crippen molar-refractivity contribution in [3.8, 4) is 0 Å². The molecule has 1 saturated heterocycles.